The van der Waals surface area contributed by atoms with Crippen LogP contribution in [-0.2, 0) is 9.47 Å². The molecule has 1 heterocycles. The topological polar surface area (TPSA) is 38.7 Å². The van der Waals surface area contributed by atoms with Crippen LogP contribution in [0.4, 0.5) is 0 Å². The largest absolute Gasteiger partial charge is 0.393 e. The zero-order chi connectivity index (χ0) is 24.0. The lowest BCUT2D eigenvalue weighted by Gasteiger charge is -2.44. The average molecular weight is 457 g/mol. The van der Waals surface area contributed by atoms with Gasteiger partial charge in [0.2, 0.25) is 0 Å². The molecule has 0 radical (unpaired) electrons. The molecule has 0 aromatic rings. The van der Waals surface area contributed by atoms with Gasteiger partial charge in [-0.15, -0.1) is 0 Å². The van der Waals surface area contributed by atoms with Crippen molar-refractivity contribution in [2.45, 2.75) is 129 Å². The van der Waals surface area contributed by atoms with Gasteiger partial charge in [-0.25, -0.2) is 0 Å². The van der Waals surface area contributed by atoms with Crippen LogP contribution in [0, 0.1) is 23.2 Å². The highest BCUT2D eigenvalue weighted by Crippen LogP contribution is 2.60. The first-order valence-electron chi connectivity index (χ1n) is 13.5. The molecular weight excluding hydrogens is 408 g/mol. The van der Waals surface area contributed by atoms with Crippen LogP contribution in [-0.4, -0.2) is 28.7 Å². The molecule has 33 heavy (non-hydrogen) atoms. The van der Waals surface area contributed by atoms with Crippen LogP contribution >= 0.6 is 0 Å². The molecule has 1 unspecified atom stereocenters. The van der Waals surface area contributed by atoms with Crippen molar-refractivity contribution in [1.82, 2.24) is 0 Å². The molecular formula is C30H48O3. The number of allylic oxidation sites excluding steroid dienone is 4. The second-order valence-corrected chi connectivity index (χ2v) is 12.8. The lowest BCUT2D eigenvalue weighted by Crippen LogP contribution is -2.37. The molecule has 0 aromatic heterocycles. The zero-order valence-electron chi connectivity index (χ0n) is 22.1. The van der Waals surface area contributed by atoms with Gasteiger partial charge in [0.1, 0.15) is 0 Å². The van der Waals surface area contributed by atoms with E-state index >= 15 is 0 Å². The van der Waals surface area contributed by atoms with Crippen molar-refractivity contribution in [3.05, 3.63) is 35.5 Å². The van der Waals surface area contributed by atoms with E-state index in [0.29, 0.717) is 17.3 Å². The molecule has 3 nitrogen and oxygen atoms in total. The molecule has 3 saturated carbocycles. The molecule has 1 saturated heterocycles. The van der Waals surface area contributed by atoms with Crippen LogP contribution in [0.1, 0.15) is 106 Å². The first kappa shape index (κ1) is 25.2. The number of fused-ring (bicyclic) bond motifs is 1. The van der Waals surface area contributed by atoms with E-state index < -0.39 is 5.79 Å². The molecule has 4 rings (SSSR count). The molecule has 1 N–H and O–H groups in total. The van der Waals surface area contributed by atoms with E-state index in [-0.39, 0.29) is 17.8 Å². The lowest BCUT2D eigenvalue weighted by molar-refractivity contribution is -0.157. The van der Waals surface area contributed by atoms with Crippen molar-refractivity contribution >= 4 is 0 Å². The number of aliphatic hydroxyl groups is 1. The fourth-order valence-electron chi connectivity index (χ4n) is 7.84. The van der Waals surface area contributed by atoms with E-state index in [1.54, 1.807) is 5.57 Å². The molecule has 4 aliphatic rings. The molecule has 6 atom stereocenters. The average Bonchev–Trinajstić information content (AvgIpc) is 3.18. The third kappa shape index (κ3) is 5.21. The van der Waals surface area contributed by atoms with Crippen LogP contribution in [0.15, 0.2) is 35.5 Å². The molecule has 3 aliphatic carbocycles. The number of aliphatic hydroxyl groups excluding tert-OH is 1. The van der Waals surface area contributed by atoms with Crippen LogP contribution in [0.5, 0.6) is 0 Å². The fraction of sp³-hybridized carbons (Fsp3) is 0.800. The molecule has 1 aliphatic heterocycles. The smallest absolute Gasteiger partial charge is 0.164 e. The molecule has 0 aromatic carbocycles. The minimum atomic E-state index is -0.473. The van der Waals surface area contributed by atoms with E-state index in [0.717, 1.165) is 31.6 Å². The SMILES string of the molecule is C=C1CC[C@@H](O)C/C1=C/C=C1\CCC[C@]2(C)C1CC[C@H]2[C@@H](C)CC[C@@H]1OC(C)(C)OC1(C)C. The highest BCUT2D eigenvalue weighted by Gasteiger charge is 2.51. The summed E-state index contributed by atoms with van der Waals surface area (Å²) in [5.41, 5.74) is 4.33. The second kappa shape index (κ2) is 9.28. The van der Waals surface area contributed by atoms with Crippen LogP contribution in [0.3, 0.4) is 0 Å². The summed E-state index contributed by atoms with van der Waals surface area (Å²) in [5, 5.41) is 10.1. The highest BCUT2D eigenvalue weighted by molar-refractivity contribution is 5.36. The van der Waals surface area contributed by atoms with Gasteiger partial charge >= 0.3 is 0 Å². The highest BCUT2D eigenvalue weighted by atomic mass is 16.8. The van der Waals surface area contributed by atoms with Crippen LogP contribution in [0.2, 0.25) is 0 Å². The quantitative estimate of drug-likeness (QED) is 0.465. The predicted octanol–water partition coefficient (Wildman–Crippen LogP) is 7.50. The Balaban J connectivity index is 1.42. The number of ether oxygens (including phenoxy) is 2. The van der Waals surface area contributed by atoms with Gasteiger partial charge in [-0.05, 0) is 121 Å². The van der Waals surface area contributed by atoms with E-state index in [2.05, 4.69) is 46.4 Å². The summed E-state index contributed by atoms with van der Waals surface area (Å²) < 4.78 is 12.4. The maximum atomic E-state index is 10.1. The summed E-state index contributed by atoms with van der Waals surface area (Å²) in [6, 6.07) is 0. The fourth-order valence-corrected chi connectivity index (χ4v) is 7.84. The van der Waals surface area contributed by atoms with Gasteiger partial charge in [0.25, 0.3) is 0 Å². The molecule has 3 heteroatoms. The van der Waals surface area contributed by atoms with Gasteiger partial charge in [0.05, 0.1) is 17.8 Å². The minimum Gasteiger partial charge on any atom is -0.393 e. The standard InChI is InChI=1S/C30H48O3/c1-20-10-14-24(31)19-23(20)13-12-22-9-8-18-30(7)25(15-16-26(22)30)21(2)11-17-27-28(3,4)33-29(5,6)32-27/h12-13,21,24-27,31H,1,8-11,14-19H2,2-7H3/b22-12+,23-13-/t21-,24+,25-,26?,27-,30-/m0/s1. The van der Waals surface area contributed by atoms with Gasteiger partial charge in [-0.2, -0.15) is 0 Å². The minimum absolute atomic E-state index is 0.173. The second-order valence-electron chi connectivity index (χ2n) is 12.8. The number of hydrogen-bond donors (Lipinski definition) is 1. The van der Waals surface area contributed by atoms with Crippen molar-refractivity contribution < 1.29 is 14.6 Å². The van der Waals surface area contributed by atoms with Gasteiger partial charge in [-0.1, -0.05) is 43.7 Å². The molecule has 0 bridgehead atoms. The van der Waals surface area contributed by atoms with Gasteiger partial charge in [0.15, 0.2) is 5.79 Å². The summed E-state index contributed by atoms with van der Waals surface area (Å²) in [7, 11) is 0. The monoisotopic (exact) mass is 456 g/mol. The first-order valence-corrected chi connectivity index (χ1v) is 13.5. The van der Waals surface area contributed by atoms with E-state index in [1.165, 1.54) is 49.7 Å². The Kier molecular flexibility index (Phi) is 7.09. The third-order valence-corrected chi connectivity index (χ3v) is 9.51. The Hall–Kier alpha value is -0.900. The Morgan fingerprint density at radius 1 is 1.09 bits per heavy atom. The Morgan fingerprint density at radius 3 is 2.55 bits per heavy atom. The summed E-state index contributed by atoms with van der Waals surface area (Å²) in [5.74, 6) is 1.72. The first-order chi connectivity index (χ1) is 15.4. The maximum Gasteiger partial charge on any atom is 0.164 e. The normalized spacial score (nSPS) is 41.5. The predicted molar refractivity (Wildman–Crippen MR) is 136 cm³/mol. The maximum absolute atomic E-state index is 10.1. The van der Waals surface area contributed by atoms with Crippen molar-refractivity contribution in [2.75, 3.05) is 0 Å². The molecule has 4 fully saturated rings. The van der Waals surface area contributed by atoms with E-state index in [4.69, 9.17) is 9.47 Å². The summed E-state index contributed by atoms with van der Waals surface area (Å²) in [6.45, 7) is 17.7. The summed E-state index contributed by atoms with van der Waals surface area (Å²) >= 11 is 0. The van der Waals surface area contributed by atoms with Gasteiger partial charge in [-0.3, -0.25) is 0 Å². The Bertz CT molecular complexity index is 803. The third-order valence-electron chi connectivity index (χ3n) is 9.51. The van der Waals surface area contributed by atoms with Crippen molar-refractivity contribution in [3.63, 3.8) is 0 Å². The summed E-state index contributed by atoms with van der Waals surface area (Å²) in [6.07, 6.45) is 16.1. The Morgan fingerprint density at radius 2 is 1.85 bits per heavy atom. The van der Waals surface area contributed by atoms with Crippen molar-refractivity contribution in [1.29, 1.82) is 0 Å². The van der Waals surface area contributed by atoms with Gasteiger partial charge in [0, 0.05) is 0 Å². The van der Waals surface area contributed by atoms with Crippen LogP contribution < -0.4 is 0 Å². The lowest BCUT2D eigenvalue weighted by atomic mass is 9.60. The Labute approximate surface area is 202 Å². The van der Waals surface area contributed by atoms with E-state index in [9.17, 15) is 5.11 Å². The van der Waals surface area contributed by atoms with Crippen LogP contribution in [0.25, 0.3) is 0 Å². The molecule has 186 valence electrons. The summed E-state index contributed by atoms with van der Waals surface area (Å²) in [4.78, 5) is 0. The number of rotatable bonds is 5. The number of hydrogen-bond acceptors (Lipinski definition) is 3. The van der Waals surface area contributed by atoms with Gasteiger partial charge < -0.3 is 14.6 Å². The zero-order valence-corrected chi connectivity index (χ0v) is 22.1. The van der Waals surface area contributed by atoms with Crippen molar-refractivity contribution in [3.8, 4) is 0 Å². The van der Waals surface area contributed by atoms with Crippen molar-refractivity contribution in [2.24, 2.45) is 23.2 Å². The molecule has 0 amide bonds. The van der Waals surface area contributed by atoms with E-state index in [1.807, 2.05) is 13.8 Å². The molecule has 0 spiro atoms.